The highest BCUT2D eigenvalue weighted by Gasteiger charge is 2.28. The highest BCUT2D eigenvalue weighted by Crippen LogP contribution is 2.40. The summed E-state index contributed by atoms with van der Waals surface area (Å²) in [4.78, 5) is 15.2. The summed E-state index contributed by atoms with van der Waals surface area (Å²) in [6.07, 6.45) is 0. The Labute approximate surface area is 147 Å². The van der Waals surface area contributed by atoms with Gasteiger partial charge in [0.05, 0.1) is 16.5 Å². The van der Waals surface area contributed by atoms with Gasteiger partial charge >= 0.3 is 0 Å². The lowest BCUT2D eigenvalue weighted by Gasteiger charge is -2.18. The van der Waals surface area contributed by atoms with E-state index in [1.165, 1.54) is 23.9 Å². The average Bonchev–Trinajstić information content (AvgIpc) is 2.88. The second-order valence-corrected chi connectivity index (χ2v) is 8.60. The number of benzene rings is 2. The van der Waals surface area contributed by atoms with Gasteiger partial charge in [-0.2, -0.15) is 0 Å². The second-order valence-electron chi connectivity index (χ2n) is 5.14. The fraction of sp³-hybridized carbons (Fsp3) is 0.133. The van der Waals surface area contributed by atoms with Crippen LogP contribution >= 0.6 is 27.7 Å². The Morgan fingerprint density at radius 2 is 2.00 bits per heavy atom. The summed E-state index contributed by atoms with van der Waals surface area (Å²) in [5.74, 6) is 0.335. The summed E-state index contributed by atoms with van der Waals surface area (Å²) in [6.45, 7) is 1.88. The summed E-state index contributed by atoms with van der Waals surface area (Å²) in [6, 6.07) is 10.1. The lowest BCUT2D eigenvalue weighted by atomic mass is 10.1. The van der Waals surface area contributed by atoms with E-state index in [9.17, 15) is 13.2 Å². The fourth-order valence-electron chi connectivity index (χ4n) is 2.39. The minimum absolute atomic E-state index is 0.0536. The molecule has 1 aliphatic heterocycles. The van der Waals surface area contributed by atoms with E-state index in [-0.39, 0.29) is 10.8 Å². The topological polar surface area (TPSA) is 80.5 Å². The molecule has 0 saturated heterocycles. The van der Waals surface area contributed by atoms with E-state index in [2.05, 4.69) is 15.9 Å². The number of anilines is 1. The number of amides is 1. The molecule has 0 fully saturated rings. The molecular weight excluding hydrogens is 400 g/mol. The number of hydrogen-bond donors (Lipinski definition) is 1. The van der Waals surface area contributed by atoms with Crippen molar-refractivity contribution in [2.45, 2.75) is 16.7 Å². The zero-order valence-electron chi connectivity index (χ0n) is 12.1. The molecule has 0 aromatic heterocycles. The maximum Gasteiger partial charge on any atom is 0.259 e. The van der Waals surface area contributed by atoms with Gasteiger partial charge in [-0.25, -0.2) is 13.6 Å². The van der Waals surface area contributed by atoms with Crippen LogP contribution in [0, 0.1) is 6.92 Å². The van der Waals surface area contributed by atoms with Crippen LogP contribution in [0.5, 0.6) is 0 Å². The molecule has 0 radical (unpaired) electrons. The molecule has 2 aromatic rings. The van der Waals surface area contributed by atoms with E-state index in [1.807, 2.05) is 19.1 Å². The molecule has 0 atom stereocenters. The number of carbonyl (C=O) groups is 1. The molecule has 0 aliphatic carbocycles. The van der Waals surface area contributed by atoms with Crippen molar-refractivity contribution in [3.05, 3.63) is 52.0 Å². The Balaban J connectivity index is 1.98. The van der Waals surface area contributed by atoms with Gasteiger partial charge in [0.1, 0.15) is 0 Å². The van der Waals surface area contributed by atoms with Gasteiger partial charge in [0.15, 0.2) is 0 Å². The Hall–Kier alpha value is -1.35. The van der Waals surface area contributed by atoms with Gasteiger partial charge in [0.2, 0.25) is 10.0 Å². The van der Waals surface area contributed by atoms with Crippen LogP contribution in [0.4, 0.5) is 5.69 Å². The van der Waals surface area contributed by atoms with Crippen LogP contribution in [-0.4, -0.2) is 20.2 Å². The molecule has 1 heterocycles. The Kier molecular flexibility index (Phi) is 4.26. The van der Waals surface area contributed by atoms with E-state index in [1.54, 1.807) is 17.0 Å². The molecule has 2 aromatic carbocycles. The molecule has 0 spiro atoms. The van der Waals surface area contributed by atoms with Gasteiger partial charge in [-0.05, 0) is 48.9 Å². The number of sulfonamides is 1. The molecular formula is C15H13BrN2O3S2. The molecule has 5 nitrogen and oxygen atoms in total. The minimum Gasteiger partial charge on any atom is -0.297 e. The maximum atomic E-state index is 12.8. The summed E-state index contributed by atoms with van der Waals surface area (Å²) >= 11 is 4.80. The van der Waals surface area contributed by atoms with Crippen molar-refractivity contribution < 1.29 is 13.2 Å². The zero-order chi connectivity index (χ0) is 16.8. The summed E-state index contributed by atoms with van der Waals surface area (Å²) in [5.41, 5.74) is 2.20. The van der Waals surface area contributed by atoms with Crippen LogP contribution in [0.1, 0.15) is 15.9 Å². The van der Waals surface area contributed by atoms with Crippen LogP contribution < -0.4 is 10.0 Å². The number of nitrogens with two attached hydrogens (primary N) is 1. The fourth-order valence-corrected chi connectivity index (χ4v) is 4.55. The van der Waals surface area contributed by atoms with E-state index in [4.69, 9.17) is 5.14 Å². The van der Waals surface area contributed by atoms with Gasteiger partial charge < -0.3 is 0 Å². The number of fused-ring (bicyclic) bond motifs is 1. The Morgan fingerprint density at radius 1 is 1.26 bits per heavy atom. The molecule has 0 bridgehead atoms. The third kappa shape index (κ3) is 3.16. The summed E-state index contributed by atoms with van der Waals surface area (Å²) < 4.78 is 23.8. The van der Waals surface area contributed by atoms with Crippen LogP contribution in [0.25, 0.3) is 0 Å². The summed E-state index contributed by atoms with van der Waals surface area (Å²) in [5, 5.41) is 5.15. The molecule has 1 amide bonds. The third-order valence-electron chi connectivity index (χ3n) is 3.56. The van der Waals surface area contributed by atoms with Crippen LogP contribution in [-0.2, 0) is 10.0 Å². The lowest BCUT2D eigenvalue weighted by Crippen LogP contribution is -2.28. The van der Waals surface area contributed by atoms with Gasteiger partial charge in [0.25, 0.3) is 5.91 Å². The van der Waals surface area contributed by atoms with E-state index in [0.29, 0.717) is 17.1 Å². The normalized spacial score (nSPS) is 14.0. The lowest BCUT2D eigenvalue weighted by molar-refractivity contribution is 0.0991. The van der Waals surface area contributed by atoms with Crippen LogP contribution in [0.15, 0.2) is 50.7 Å². The SMILES string of the molecule is Cc1cc(Br)ccc1C(=O)N1CSc2cc(S(N)(=O)=O)ccc21. The van der Waals surface area contributed by atoms with Crippen molar-refractivity contribution in [1.82, 2.24) is 0 Å². The Morgan fingerprint density at radius 3 is 2.65 bits per heavy atom. The third-order valence-corrected chi connectivity index (χ3v) is 5.99. The Bertz CT molecular complexity index is 913. The molecule has 23 heavy (non-hydrogen) atoms. The van der Waals surface area contributed by atoms with Gasteiger partial charge in [0, 0.05) is 14.9 Å². The highest BCUT2D eigenvalue weighted by molar-refractivity contribution is 9.10. The number of nitrogens with zero attached hydrogens (tertiary/aromatic N) is 1. The molecule has 0 unspecified atom stereocenters. The number of rotatable bonds is 2. The number of aryl methyl sites for hydroxylation is 1. The first-order valence-electron chi connectivity index (χ1n) is 6.65. The smallest absolute Gasteiger partial charge is 0.259 e. The molecule has 0 saturated carbocycles. The average molecular weight is 413 g/mol. The first kappa shape index (κ1) is 16.5. The quantitative estimate of drug-likeness (QED) is 0.821. The molecule has 1 aliphatic rings. The van der Waals surface area contributed by atoms with E-state index >= 15 is 0 Å². The number of hydrogen-bond acceptors (Lipinski definition) is 4. The second kappa shape index (κ2) is 5.94. The standard InChI is InChI=1S/C15H13BrN2O3S2/c1-9-6-10(16)2-4-12(9)15(19)18-8-22-14-7-11(23(17,20)21)3-5-13(14)18/h2-7H,8H2,1H3,(H2,17,20,21). The van der Waals surface area contributed by atoms with Crippen molar-refractivity contribution in [3.8, 4) is 0 Å². The van der Waals surface area contributed by atoms with Gasteiger partial charge in [-0.15, -0.1) is 11.8 Å². The largest absolute Gasteiger partial charge is 0.297 e. The zero-order valence-corrected chi connectivity index (χ0v) is 15.3. The maximum absolute atomic E-state index is 12.8. The molecule has 8 heteroatoms. The monoisotopic (exact) mass is 412 g/mol. The highest BCUT2D eigenvalue weighted by atomic mass is 79.9. The van der Waals surface area contributed by atoms with Crippen molar-refractivity contribution >= 4 is 49.3 Å². The predicted octanol–water partition coefficient (Wildman–Crippen LogP) is 3.11. The number of primary sulfonamides is 1. The van der Waals surface area contributed by atoms with Crippen molar-refractivity contribution in [3.63, 3.8) is 0 Å². The van der Waals surface area contributed by atoms with Crippen molar-refractivity contribution in [2.24, 2.45) is 5.14 Å². The molecule has 120 valence electrons. The van der Waals surface area contributed by atoms with E-state index in [0.717, 1.165) is 14.9 Å². The van der Waals surface area contributed by atoms with E-state index < -0.39 is 10.0 Å². The summed E-state index contributed by atoms with van der Waals surface area (Å²) in [7, 11) is -3.75. The predicted molar refractivity (Wildman–Crippen MR) is 94.2 cm³/mol. The van der Waals surface area contributed by atoms with Crippen molar-refractivity contribution in [1.29, 1.82) is 0 Å². The van der Waals surface area contributed by atoms with Gasteiger partial charge in [-0.1, -0.05) is 15.9 Å². The first-order valence-corrected chi connectivity index (χ1v) is 9.97. The van der Waals surface area contributed by atoms with Gasteiger partial charge in [-0.3, -0.25) is 9.69 Å². The van der Waals surface area contributed by atoms with Crippen LogP contribution in [0.3, 0.4) is 0 Å². The number of thioether (sulfide) groups is 1. The number of halogens is 1. The number of carbonyl (C=O) groups excluding carboxylic acids is 1. The molecule has 3 rings (SSSR count). The minimum atomic E-state index is -3.75. The first-order chi connectivity index (χ1) is 10.8. The van der Waals surface area contributed by atoms with Crippen molar-refractivity contribution in [2.75, 3.05) is 10.8 Å². The van der Waals surface area contributed by atoms with Crippen LogP contribution in [0.2, 0.25) is 0 Å². The molecule has 2 N–H and O–H groups in total.